The van der Waals surface area contributed by atoms with Crippen molar-refractivity contribution in [2.45, 2.75) is 19.4 Å². The standard InChI is InChI=1S/C14H20FN3O2/c1-9(18-5-4-10(7-18)8-19)14(20)17-13-6-11(16)2-3-12(13)15/h2-3,6,9-10,19H,4-5,7-8,16H2,1H3,(H,17,20). The summed E-state index contributed by atoms with van der Waals surface area (Å²) in [6.07, 6.45) is 0.876. The van der Waals surface area contributed by atoms with Gasteiger partial charge in [0, 0.05) is 18.8 Å². The number of hydrogen-bond donors (Lipinski definition) is 3. The highest BCUT2D eigenvalue weighted by molar-refractivity contribution is 5.95. The first-order valence-electron chi connectivity index (χ1n) is 6.72. The number of nitrogens with zero attached hydrogens (tertiary/aromatic N) is 1. The molecule has 1 fully saturated rings. The number of aliphatic hydroxyl groups is 1. The number of hydrogen-bond acceptors (Lipinski definition) is 4. The van der Waals surface area contributed by atoms with Crippen LogP contribution < -0.4 is 11.1 Å². The van der Waals surface area contributed by atoms with Gasteiger partial charge in [-0.2, -0.15) is 0 Å². The van der Waals surface area contributed by atoms with Crippen LogP contribution in [0.3, 0.4) is 0 Å². The SMILES string of the molecule is CC(C(=O)Nc1cc(N)ccc1F)N1CCC(CO)C1. The highest BCUT2D eigenvalue weighted by Crippen LogP contribution is 2.21. The molecule has 4 N–H and O–H groups in total. The fraction of sp³-hybridized carbons (Fsp3) is 0.500. The van der Waals surface area contributed by atoms with E-state index in [4.69, 9.17) is 10.8 Å². The van der Waals surface area contributed by atoms with E-state index in [0.29, 0.717) is 12.2 Å². The first kappa shape index (κ1) is 14.7. The van der Waals surface area contributed by atoms with Gasteiger partial charge in [-0.25, -0.2) is 4.39 Å². The summed E-state index contributed by atoms with van der Waals surface area (Å²) in [4.78, 5) is 14.1. The van der Waals surface area contributed by atoms with E-state index in [1.54, 1.807) is 6.92 Å². The second kappa shape index (κ2) is 6.19. The van der Waals surface area contributed by atoms with Crippen LogP contribution in [0.15, 0.2) is 18.2 Å². The minimum Gasteiger partial charge on any atom is -0.399 e. The molecular weight excluding hydrogens is 261 g/mol. The molecule has 0 aliphatic carbocycles. The van der Waals surface area contributed by atoms with Crippen molar-refractivity contribution in [2.75, 3.05) is 30.7 Å². The van der Waals surface area contributed by atoms with E-state index in [9.17, 15) is 9.18 Å². The van der Waals surface area contributed by atoms with Crippen LogP contribution in [-0.4, -0.2) is 41.7 Å². The number of halogens is 1. The predicted molar refractivity (Wildman–Crippen MR) is 75.7 cm³/mol. The van der Waals surface area contributed by atoms with Crippen molar-refractivity contribution in [1.82, 2.24) is 4.90 Å². The number of nitrogens with two attached hydrogens (primary N) is 1. The minimum absolute atomic E-state index is 0.0970. The highest BCUT2D eigenvalue weighted by Gasteiger charge is 2.29. The van der Waals surface area contributed by atoms with Gasteiger partial charge in [-0.05, 0) is 44.0 Å². The van der Waals surface area contributed by atoms with E-state index in [1.165, 1.54) is 18.2 Å². The van der Waals surface area contributed by atoms with Crippen molar-refractivity contribution in [3.63, 3.8) is 0 Å². The Labute approximate surface area is 117 Å². The van der Waals surface area contributed by atoms with Crippen molar-refractivity contribution in [3.05, 3.63) is 24.0 Å². The Morgan fingerprint density at radius 2 is 2.40 bits per heavy atom. The lowest BCUT2D eigenvalue weighted by atomic mass is 10.1. The van der Waals surface area contributed by atoms with Gasteiger partial charge in [-0.15, -0.1) is 0 Å². The van der Waals surface area contributed by atoms with Crippen molar-refractivity contribution in [3.8, 4) is 0 Å². The summed E-state index contributed by atoms with van der Waals surface area (Å²) in [5, 5.41) is 11.7. The molecule has 5 nitrogen and oxygen atoms in total. The summed E-state index contributed by atoms with van der Waals surface area (Å²) < 4.78 is 13.6. The molecule has 20 heavy (non-hydrogen) atoms. The molecular formula is C14H20FN3O2. The molecule has 2 rings (SSSR count). The summed E-state index contributed by atoms with van der Waals surface area (Å²) >= 11 is 0. The number of likely N-dealkylation sites (tertiary alicyclic amines) is 1. The normalized spacial score (nSPS) is 20.9. The van der Waals surface area contributed by atoms with E-state index < -0.39 is 5.82 Å². The molecule has 1 aliphatic rings. The quantitative estimate of drug-likeness (QED) is 0.721. The second-order valence-electron chi connectivity index (χ2n) is 5.24. The Kier molecular flexibility index (Phi) is 4.57. The van der Waals surface area contributed by atoms with Gasteiger partial charge in [0.1, 0.15) is 5.82 Å². The lowest BCUT2D eigenvalue weighted by molar-refractivity contribution is -0.120. The third kappa shape index (κ3) is 3.26. The molecule has 6 heteroatoms. The molecule has 2 unspecified atom stereocenters. The van der Waals surface area contributed by atoms with Crippen LogP contribution in [0.2, 0.25) is 0 Å². The molecule has 0 bridgehead atoms. The summed E-state index contributed by atoms with van der Waals surface area (Å²) in [5.41, 5.74) is 6.08. The summed E-state index contributed by atoms with van der Waals surface area (Å²) in [5.74, 6) is -0.558. The predicted octanol–water partition coefficient (Wildman–Crippen LogP) is 1.05. The van der Waals surface area contributed by atoms with E-state index in [0.717, 1.165) is 13.0 Å². The lowest BCUT2D eigenvalue weighted by Gasteiger charge is -2.23. The number of anilines is 2. The number of carbonyl (C=O) groups excluding carboxylic acids is 1. The summed E-state index contributed by atoms with van der Waals surface area (Å²) in [6.45, 7) is 3.36. The smallest absolute Gasteiger partial charge is 0.241 e. The average molecular weight is 281 g/mol. The zero-order chi connectivity index (χ0) is 14.7. The monoisotopic (exact) mass is 281 g/mol. The van der Waals surface area contributed by atoms with Gasteiger partial charge in [0.2, 0.25) is 5.91 Å². The Morgan fingerprint density at radius 1 is 1.65 bits per heavy atom. The van der Waals surface area contributed by atoms with Crippen molar-refractivity contribution < 1.29 is 14.3 Å². The zero-order valence-electron chi connectivity index (χ0n) is 11.5. The van der Waals surface area contributed by atoms with Gasteiger partial charge in [0.05, 0.1) is 11.7 Å². The maximum atomic E-state index is 13.6. The van der Waals surface area contributed by atoms with Crippen LogP contribution in [0.5, 0.6) is 0 Å². The topological polar surface area (TPSA) is 78.6 Å². The molecule has 0 aromatic heterocycles. The van der Waals surface area contributed by atoms with Crippen LogP contribution in [0, 0.1) is 11.7 Å². The maximum absolute atomic E-state index is 13.6. The van der Waals surface area contributed by atoms with Gasteiger partial charge in [-0.1, -0.05) is 0 Å². The number of nitrogen functional groups attached to an aromatic ring is 1. The summed E-state index contributed by atoms with van der Waals surface area (Å²) in [7, 11) is 0. The van der Waals surface area contributed by atoms with E-state index in [-0.39, 0.29) is 30.2 Å². The molecule has 1 saturated heterocycles. The molecule has 2 atom stereocenters. The van der Waals surface area contributed by atoms with Crippen molar-refractivity contribution in [2.24, 2.45) is 5.92 Å². The van der Waals surface area contributed by atoms with Gasteiger partial charge in [0.25, 0.3) is 0 Å². The number of carbonyl (C=O) groups is 1. The fourth-order valence-electron chi connectivity index (χ4n) is 2.41. The number of rotatable bonds is 4. The molecule has 0 saturated carbocycles. The van der Waals surface area contributed by atoms with Crippen LogP contribution in [0.1, 0.15) is 13.3 Å². The molecule has 1 amide bonds. The van der Waals surface area contributed by atoms with E-state index >= 15 is 0 Å². The lowest BCUT2D eigenvalue weighted by Crippen LogP contribution is -2.41. The molecule has 0 radical (unpaired) electrons. The first-order chi connectivity index (χ1) is 9.51. The zero-order valence-corrected chi connectivity index (χ0v) is 11.5. The Hall–Kier alpha value is -1.66. The van der Waals surface area contributed by atoms with Gasteiger partial charge >= 0.3 is 0 Å². The number of benzene rings is 1. The Bertz CT molecular complexity index is 495. The maximum Gasteiger partial charge on any atom is 0.241 e. The molecule has 1 aliphatic heterocycles. The first-order valence-corrected chi connectivity index (χ1v) is 6.72. The molecule has 1 heterocycles. The number of amides is 1. The minimum atomic E-state index is -0.505. The third-order valence-electron chi connectivity index (χ3n) is 3.75. The second-order valence-corrected chi connectivity index (χ2v) is 5.24. The Balaban J connectivity index is 1.99. The third-order valence-corrected chi connectivity index (χ3v) is 3.75. The van der Waals surface area contributed by atoms with Gasteiger partial charge < -0.3 is 16.2 Å². The van der Waals surface area contributed by atoms with Crippen LogP contribution in [0.25, 0.3) is 0 Å². The molecule has 1 aromatic carbocycles. The fourth-order valence-corrected chi connectivity index (χ4v) is 2.41. The highest BCUT2D eigenvalue weighted by atomic mass is 19.1. The van der Waals surface area contributed by atoms with Gasteiger partial charge in [0.15, 0.2) is 0 Å². The number of aliphatic hydroxyl groups excluding tert-OH is 1. The summed E-state index contributed by atoms with van der Waals surface area (Å²) in [6, 6.07) is 3.71. The van der Waals surface area contributed by atoms with E-state index in [2.05, 4.69) is 5.32 Å². The van der Waals surface area contributed by atoms with Gasteiger partial charge in [-0.3, -0.25) is 9.69 Å². The van der Waals surface area contributed by atoms with Crippen LogP contribution in [-0.2, 0) is 4.79 Å². The largest absolute Gasteiger partial charge is 0.399 e. The van der Waals surface area contributed by atoms with Crippen LogP contribution in [0.4, 0.5) is 15.8 Å². The van der Waals surface area contributed by atoms with Crippen molar-refractivity contribution >= 4 is 17.3 Å². The average Bonchev–Trinajstić information content (AvgIpc) is 2.90. The molecule has 110 valence electrons. The number of nitrogens with one attached hydrogen (secondary N) is 1. The molecule has 1 aromatic rings. The van der Waals surface area contributed by atoms with Crippen molar-refractivity contribution in [1.29, 1.82) is 0 Å². The molecule has 0 spiro atoms. The van der Waals surface area contributed by atoms with E-state index in [1.807, 2.05) is 4.90 Å². The Morgan fingerprint density at radius 3 is 3.05 bits per heavy atom. The van der Waals surface area contributed by atoms with Crippen LogP contribution >= 0.6 is 0 Å².